The van der Waals surface area contributed by atoms with Gasteiger partial charge >= 0.3 is 6.03 Å². The molecule has 3 rings (SSSR count). The molecule has 5 nitrogen and oxygen atoms in total. The molecule has 2 amide bonds. The third-order valence-corrected chi connectivity index (χ3v) is 3.56. The number of likely N-dealkylation sites (tertiary alicyclic amines) is 1. The standard InChI is InChI=1S/C18H17N3O2/c22-17-9-11-21(13-17)18(23)20-16-6-3-4-14(12-16)7-8-15-5-1-2-10-19-15/h1-6,10,12,17,22H,9,11,13H2,(H,20,23)/t17-/m0/s1. The van der Waals surface area contributed by atoms with Gasteiger partial charge in [0, 0.05) is 30.5 Å². The van der Waals surface area contributed by atoms with E-state index in [9.17, 15) is 9.90 Å². The lowest BCUT2D eigenvalue weighted by Crippen LogP contribution is -2.33. The molecule has 5 heteroatoms. The minimum Gasteiger partial charge on any atom is -0.391 e. The minimum atomic E-state index is -0.420. The molecule has 0 radical (unpaired) electrons. The van der Waals surface area contributed by atoms with Crippen LogP contribution in [-0.4, -0.2) is 40.2 Å². The normalized spacial score (nSPS) is 16.6. The van der Waals surface area contributed by atoms with Crippen LogP contribution in [0, 0.1) is 11.8 Å². The van der Waals surface area contributed by atoms with E-state index in [2.05, 4.69) is 22.1 Å². The maximum atomic E-state index is 12.1. The summed E-state index contributed by atoms with van der Waals surface area (Å²) in [5.74, 6) is 6.02. The van der Waals surface area contributed by atoms with Gasteiger partial charge < -0.3 is 15.3 Å². The summed E-state index contributed by atoms with van der Waals surface area (Å²) in [7, 11) is 0. The van der Waals surface area contributed by atoms with Crippen LogP contribution in [0.5, 0.6) is 0 Å². The number of urea groups is 1. The summed E-state index contributed by atoms with van der Waals surface area (Å²) in [4.78, 5) is 17.9. The predicted molar refractivity (Wildman–Crippen MR) is 87.9 cm³/mol. The Hall–Kier alpha value is -2.84. The molecule has 1 aliphatic heterocycles. The highest BCUT2D eigenvalue weighted by atomic mass is 16.3. The molecule has 2 N–H and O–H groups in total. The number of aromatic nitrogens is 1. The first-order valence-corrected chi connectivity index (χ1v) is 7.48. The van der Waals surface area contributed by atoms with E-state index in [0.29, 0.717) is 30.9 Å². The van der Waals surface area contributed by atoms with Crippen molar-refractivity contribution in [3.05, 3.63) is 59.9 Å². The van der Waals surface area contributed by atoms with Gasteiger partial charge in [-0.2, -0.15) is 0 Å². The van der Waals surface area contributed by atoms with Gasteiger partial charge in [0.05, 0.1) is 6.10 Å². The Kier molecular flexibility index (Phi) is 4.55. The van der Waals surface area contributed by atoms with Gasteiger partial charge in [-0.15, -0.1) is 0 Å². The van der Waals surface area contributed by atoms with E-state index in [0.717, 1.165) is 5.56 Å². The smallest absolute Gasteiger partial charge is 0.321 e. The summed E-state index contributed by atoms with van der Waals surface area (Å²) in [5, 5.41) is 12.3. The van der Waals surface area contributed by atoms with Gasteiger partial charge in [-0.3, -0.25) is 0 Å². The molecule has 2 heterocycles. The summed E-state index contributed by atoms with van der Waals surface area (Å²) in [6.45, 7) is 0.956. The van der Waals surface area contributed by atoms with Crippen LogP contribution in [0.25, 0.3) is 0 Å². The monoisotopic (exact) mass is 307 g/mol. The molecule has 1 saturated heterocycles. The van der Waals surface area contributed by atoms with E-state index in [1.807, 2.05) is 42.5 Å². The molecular weight excluding hydrogens is 290 g/mol. The quantitative estimate of drug-likeness (QED) is 0.793. The molecule has 1 aliphatic rings. The van der Waals surface area contributed by atoms with E-state index >= 15 is 0 Å². The number of amides is 2. The fourth-order valence-corrected chi connectivity index (χ4v) is 2.38. The van der Waals surface area contributed by atoms with Crippen molar-refractivity contribution < 1.29 is 9.90 Å². The molecular formula is C18H17N3O2. The number of pyridine rings is 1. The van der Waals surface area contributed by atoms with Crippen LogP contribution in [-0.2, 0) is 0 Å². The van der Waals surface area contributed by atoms with Crippen molar-refractivity contribution in [1.29, 1.82) is 0 Å². The Morgan fingerprint density at radius 2 is 2.17 bits per heavy atom. The van der Waals surface area contributed by atoms with Gasteiger partial charge in [-0.25, -0.2) is 9.78 Å². The van der Waals surface area contributed by atoms with Crippen LogP contribution < -0.4 is 5.32 Å². The number of benzene rings is 1. The van der Waals surface area contributed by atoms with Crippen molar-refractivity contribution in [2.45, 2.75) is 12.5 Å². The maximum Gasteiger partial charge on any atom is 0.321 e. The molecule has 0 bridgehead atoms. The van der Waals surface area contributed by atoms with E-state index < -0.39 is 6.10 Å². The summed E-state index contributed by atoms with van der Waals surface area (Å²) >= 11 is 0. The number of nitrogens with zero attached hydrogens (tertiary/aromatic N) is 2. The van der Waals surface area contributed by atoms with Crippen molar-refractivity contribution in [2.75, 3.05) is 18.4 Å². The largest absolute Gasteiger partial charge is 0.391 e. The van der Waals surface area contributed by atoms with Crippen LogP contribution in [0.1, 0.15) is 17.7 Å². The number of rotatable bonds is 1. The van der Waals surface area contributed by atoms with Gasteiger partial charge in [0.2, 0.25) is 0 Å². The molecule has 0 unspecified atom stereocenters. The van der Waals surface area contributed by atoms with Crippen molar-refractivity contribution in [3.63, 3.8) is 0 Å². The Morgan fingerprint density at radius 1 is 1.26 bits per heavy atom. The summed E-state index contributed by atoms with van der Waals surface area (Å²) in [6, 6.07) is 12.7. The number of anilines is 1. The summed E-state index contributed by atoms with van der Waals surface area (Å²) in [5.41, 5.74) is 2.19. The first kappa shape index (κ1) is 15.1. The molecule has 0 aliphatic carbocycles. The van der Waals surface area contributed by atoms with Crippen molar-refractivity contribution in [3.8, 4) is 11.8 Å². The minimum absolute atomic E-state index is 0.198. The molecule has 1 aromatic carbocycles. The number of hydrogen-bond donors (Lipinski definition) is 2. The maximum absolute atomic E-state index is 12.1. The fourth-order valence-electron chi connectivity index (χ4n) is 2.38. The first-order chi connectivity index (χ1) is 11.2. The van der Waals surface area contributed by atoms with E-state index in [1.54, 1.807) is 11.1 Å². The lowest BCUT2D eigenvalue weighted by Gasteiger charge is -2.16. The zero-order valence-corrected chi connectivity index (χ0v) is 12.6. The molecule has 0 spiro atoms. The van der Waals surface area contributed by atoms with Crippen LogP contribution in [0.15, 0.2) is 48.7 Å². The fraction of sp³-hybridized carbons (Fsp3) is 0.222. The molecule has 2 aromatic rings. The number of aliphatic hydroxyl groups is 1. The van der Waals surface area contributed by atoms with Gasteiger partial charge in [0.25, 0.3) is 0 Å². The number of aliphatic hydroxyl groups excluding tert-OH is 1. The van der Waals surface area contributed by atoms with E-state index in [1.165, 1.54) is 0 Å². The van der Waals surface area contributed by atoms with Gasteiger partial charge in [0.1, 0.15) is 5.69 Å². The second-order valence-corrected chi connectivity index (χ2v) is 5.36. The Balaban J connectivity index is 1.68. The highest BCUT2D eigenvalue weighted by Crippen LogP contribution is 2.14. The molecule has 116 valence electrons. The number of carbonyl (C=O) groups excluding carboxylic acids is 1. The number of carbonyl (C=O) groups is 1. The third-order valence-electron chi connectivity index (χ3n) is 3.56. The zero-order chi connectivity index (χ0) is 16.1. The van der Waals surface area contributed by atoms with Crippen LogP contribution in [0.4, 0.5) is 10.5 Å². The second-order valence-electron chi connectivity index (χ2n) is 5.36. The summed E-state index contributed by atoms with van der Waals surface area (Å²) in [6.07, 6.45) is 1.91. The molecule has 1 fully saturated rings. The van der Waals surface area contributed by atoms with Gasteiger partial charge in [-0.05, 0) is 42.7 Å². The van der Waals surface area contributed by atoms with Crippen LogP contribution in [0.2, 0.25) is 0 Å². The number of β-amino-alcohol motifs (C(OH)–C–C–N with tert-alkyl or cyclic N) is 1. The SMILES string of the molecule is O=C(Nc1cccc(C#Cc2ccccn2)c1)N1CC[C@H](O)C1. The highest BCUT2D eigenvalue weighted by molar-refractivity contribution is 5.89. The van der Waals surface area contributed by atoms with Crippen molar-refractivity contribution in [1.82, 2.24) is 9.88 Å². The number of nitrogens with one attached hydrogen (secondary N) is 1. The van der Waals surface area contributed by atoms with Crippen molar-refractivity contribution >= 4 is 11.7 Å². The predicted octanol–water partition coefficient (Wildman–Crippen LogP) is 2.08. The van der Waals surface area contributed by atoms with E-state index in [-0.39, 0.29) is 6.03 Å². The second kappa shape index (κ2) is 6.95. The number of hydrogen-bond acceptors (Lipinski definition) is 3. The lowest BCUT2D eigenvalue weighted by atomic mass is 10.2. The topological polar surface area (TPSA) is 65.5 Å². The molecule has 23 heavy (non-hydrogen) atoms. The van der Waals surface area contributed by atoms with E-state index in [4.69, 9.17) is 0 Å². The van der Waals surface area contributed by atoms with Crippen molar-refractivity contribution in [2.24, 2.45) is 0 Å². The lowest BCUT2D eigenvalue weighted by molar-refractivity contribution is 0.176. The average molecular weight is 307 g/mol. The third kappa shape index (κ3) is 4.09. The van der Waals surface area contributed by atoms with Gasteiger partial charge in [0.15, 0.2) is 0 Å². The Morgan fingerprint density at radius 3 is 2.91 bits per heavy atom. The average Bonchev–Trinajstić information content (AvgIpc) is 3.01. The molecule has 0 saturated carbocycles. The van der Waals surface area contributed by atoms with Crippen LogP contribution in [0.3, 0.4) is 0 Å². The van der Waals surface area contributed by atoms with Gasteiger partial charge in [-0.1, -0.05) is 18.1 Å². The zero-order valence-electron chi connectivity index (χ0n) is 12.6. The molecule has 1 atom stereocenters. The first-order valence-electron chi connectivity index (χ1n) is 7.48. The summed E-state index contributed by atoms with van der Waals surface area (Å²) < 4.78 is 0. The molecule has 1 aromatic heterocycles. The Labute approximate surface area is 135 Å². The Bertz CT molecular complexity index is 750. The highest BCUT2D eigenvalue weighted by Gasteiger charge is 2.24. The van der Waals surface area contributed by atoms with Crippen LogP contribution >= 0.6 is 0 Å².